The number of nitrogens with one attached hydrogen (secondary N) is 1. The largest absolute Gasteiger partial charge is 0.507 e. The van der Waals surface area contributed by atoms with E-state index < -0.39 is 0 Å². The Morgan fingerprint density at radius 3 is 2.76 bits per heavy atom. The van der Waals surface area contributed by atoms with Crippen molar-refractivity contribution in [3.05, 3.63) is 57.2 Å². The normalized spacial score (nSPS) is 10.4. The lowest BCUT2D eigenvalue weighted by Gasteiger charge is -2.11. The van der Waals surface area contributed by atoms with Crippen molar-refractivity contribution in [3.8, 4) is 5.75 Å². The summed E-state index contributed by atoms with van der Waals surface area (Å²) < 4.78 is 5.79. The minimum Gasteiger partial charge on any atom is -0.507 e. The number of halogens is 1. The Hall–Kier alpha value is -1.60. The highest BCUT2D eigenvalue weighted by molar-refractivity contribution is 14.1. The molecule has 0 unspecified atom stereocenters. The number of hydrogen-bond acceptors (Lipinski definition) is 3. The van der Waals surface area contributed by atoms with Crippen LogP contribution in [0.15, 0.2) is 42.5 Å². The van der Waals surface area contributed by atoms with Crippen LogP contribution in [0.1, 0.15) is 15.9 Å². The summed E-state index contributed by atoms with van der Waals surface area (Å²) in [6, 6.07) is 12.5. The molecule has 0 aromatic heterocycles. The summed E-state index contributed by atoms with van der Waals surface area (Å²) in [7, 11) is 1.65. The molecule has 0 saturated heterocycles. The first-order chi connectivity index (χ1) is 10.1. The standard InChI is InChI=1S/C16H16INO3/c1-21-9-8-11-4-2-3-5-14(11)18-16(20)12-6-7-13(17)15(19)10-12/h2-7,10,19H,8-9H2,1H3,(H,18,20). The SMILES string of the molecule is COCCc1ccccc1NC(=O)c1ccc(I)c(O)c1. The van der Waals surface area contributed by atoms with E-state index in [1.165, 1.54) is 6.07 Å². The molecule has 0 bridgehead atoms. The Balaban J connectivity index is 2.17. The number of carbonyl (C=O) groups is 1. The van der Waals surface area contributed by atoms with Crippen LogP contribution in [-0.4, -0.2) is 24.7 Å². The van der Waals surface area contributed by atoms with E-state index in [0.717, 1.165) is 17.7 Å². The number of carbonyl (C=O) groups excluding carboxylic acids is 1. The van der Waals surface area contributed by atoms with E-state index >= 15 is 0 Å². The molecular formula is C16H16INO3. The maximum atomic E-state index is 12.2. The van der Waals surface area contributed by atoms with Crippen molar-refractivity contribution >= 4 is 34.2 Å². The zero-order chi connectivity index (χ0) is 15.2. The van der Waals surface area contributed by atoms with Crippen LogP contribution in [0, 0.1) is 3.57 Å². The van der Waals surface area contributed by atoms with Gasteiger partial charge < -0.3 is 15.2 Å². The van der Waals surface area contributed by atoms with Gasteiger partial charge >= 0.3 is 0 Å². The van der Waals surface area contributed by atoms with Gasteiger partial charge in [0.15, 0.2) is 0 Å². The second-order valence-corrected chi connectivity index (χ2v) is 5.68. The van der Waals surface area contributed by atoms with Gasteiger partial charge in [-0.1, -0.05) is 18.2 Å². The molecular weight excluding hydrogens is 381 g/mol. The molecule has 21 heavy (non-hydrogen) atoms. The first-order valence-corrected chi connectivity index (χ1v) is 7.56. The predicted octanol–water partition coefficient (Wildman–Crippen LogP) is 3.44. The third-order valence-electron chi connectivity index (χ3n) is 3.05. The van der Waals surface area contributed by atoms with Crippen molar-refractivity contribution in [2.45, 2.75) is 6.42 Å². The van der Waals surface area contributed by atoms with Crippen LogP contribution in [-0.2, 0) is 11.2 Å². The quantitative estimate of drug-likeness (QED) is 0.761. The molecule has 4 nitrogen and oxygen atoms in total. The van der Waals surface area contributed by atoms with Gasteiger partial charge in [-0.05, 0) is 58.8 Å². The topological polar surface area (TPSA) is 58.6 Å². The third kappa shape index (κ3) is 4.18. The molecule has 2 aromatic carbocycles. The lowest BCUT2D eigenvalue weighted by Crippen LogP contribution is -2.13. The maximum Gasteiger partial charge on any atom is 0.255 e. The van der Waals surface area contributed by atoms with Crippen molar-refractivity contribution in [2.24, 2.45) is 0 Å². The number of anilines is 1. The first-order valence-electron chi connectivity index (χ1n) is 6.48. The molecule has 2 rings (SSSR count). The molecule has 2 N–H and O–H groups in total. The fourth-order valence-corrected chi connectivity index (χ4v) is 2.26. The van der Waals surface area contributed by atoms with Crippen molar-refractivity contribution in [2.75, 3.05) is 19.0 Å². The molecule has 0 fully saturated rings. The second-order valence-electron chi connectivity index (χ2n) is 4.52. The Labute approximate surface area is 137 Å². The van der Waals surface area contributed by atoms with Crippen LogP contribution < -0.4 is 5.32 Å². The molecule has 0 aliphatic rings. The highest BCUT2D eigenvalue weighted by Gasteiger charge is 2.10. The zero-order valence-corrected chi connectivity index (χ0v) is 13.8. The van der Waals surface area contributed by atoms with Gasteiger partial charge in [0, 0.05) is 18.4 Å². The summed E-state index contributed by atoms with van der Waals surface area (Å²) >= 11 is 2.01. The smallest absolute Gasteiger partial charge is 0.255 e. The molecule has 0 saturated carbocycles. The van der Waals surface area contributed by atoms with Crippen LogP contribution in [0.2, 0.25) is 0 Å². The van der Waals surface area contributed by atoms with Gasteiger partial charge in [-0.2, -0.15) is 0 Å². The van der Waals surface area contributed by atoms with E-state index in [2.05, 4.69) is 5.32 Å². The number of amides is 1. The highest BCUT2D eigenvalue weighted by Crippen LogP contribution is 2.22. The van der Waals surface area contributed by atoms with Gasteiger partial charge in [0.25, 0.3) is 5.91 Å². The minimum absolute atomic E-state index is 0.107. The summed E-state index contributed by atoms with van der Waals surface area (Å²) in [6.07, 6.45) is 0.727. The summed E-state index contributed by atoms with van der Waals surface area (Å²) in [5.41, 5.74) is 2.20. The van der Waals surface area contributed by atoms with Gasteiger partial charge in [-0.25, -0.2) is 0 Å². The number of hydrogen-bond donors (Lipinski definition) is 2. The molecule has 1 amide bonds. The van der Waals surface area contributed by atoms with Gasteiger partial charge in [-0.3, -0.25) is 4.79 Å². The van der Waals surface area contributed by atoms with Gasteiger partial charge in [0.05, 0.1) is 10.2 Å². The van der Waals surface area contributed by atoms with Crippen molar-refractivity contribution in [1.82, 2.24) is 0 Å². The molecule has 5 heteroatoms. The molecule has 0 aliphatic heterocycles. The predicted molar refractivity (Wildman–Crippen MR) is 90.8 cm³/mol. The average molecular weight is 397 g/mol. The Bertz CT molecular complexity index is 643. The van der Waals surface area contributed by atoms with E-state index in [1.807, 2.05) is 46.9 Å². The number of rotatable bonds is 5. The van der Waals surface area contributed by atoms with Gasteiger partial charge in [0.2, 0.25) is 0 Å². The molecule has 0 heterocycles. The van der Waals surface area contributed by atoms with Crippen molar-refractivity contribution in [3.63, 3.8) is 0 Å². The van der Waals surface area contributed by atoms with E-state index in [4.69, 9.17) is 4.74 Å². The van der Waals surface area contributed by atoms with E-state index in [-0.39, 0.29) is 11.7 Å². The van der Waals surface area contributed by atoms with Gasteiger partial charge in [-0.15, -0.1) is 0 Å². The van der Waals surface area contributed by atoms with E-state index in [0.29, 0.717) is 15.7 Å². The first kappa shape index (κ1) is 15.8. The molecule has 0 radical (unpaired) electrons. The van der Waals surface area contributed by atoms with Crippen LogP contribution in [0.4, 0.5) is 5.69 Å². The number of phenolic OH excluding ortho intramolecular Hbond substituents is 1. The third-order valence-corrected chi connectivity index (χ3v) is 3.96. The van der Waals surface area contributed by atoms with Crippen molar-refractivity contribution in [1.29, 1.82) is 0 Å². The zero-order valence-electron chi connectivity index (χ0n) is 11.6. The lowest BCUT2D eigenvalue weighted by atomic mass is 10.1. The van der Waals surface area contributed by atoms with E-state index in [9.17, 15) is 9.90 Å². The van der Waals surface area contributed by atoms with Crippen LogP contribution in [0.25, 0.3) is 0 Å². The monoisotopic (exact) mass is 397 g/mol. The molecule has 2 aromatic rings. The van der Waals surface area contributed by atoms with E-state index in [1.54, 1.807) is 19.2 Å². The fraction of sp³-hybridized carbons (Fsp3) is 0.188. The number of benzene rings is 2. The average Bonchev–Trinajstić information content (AvgIpc) is 2.49. The number of ether oxygens (including phenoxy) is 1. The number of para-hydroxylation sites is 1. The molecule has 0 atom stereocenters. The lowest BCUT2D eigenvalue weighted by molar-refractivity contribution is 0.102. The van der Waals surface area contributed by atoms with Gasteiger partial charge in [0.1, 0.15) is 5.75 Å². The number of aromatic hydroxyl groups is 1. The number of methoxy groups -OCH3 is 1. The maximum absolute atomic E-state index is 12.2. The Morgan fingerprint density at radius 2 is 2.05 bits per heavy atom. The fourth-order valence-electron chi connectivity index (χ4n) is 1.92. The van der Waals surface area contributed by atoms with Crippen LogP contribution in [0.5, 0.6) is 5.75 Å². The summed E-state index contributed by atoms with van der Waals surface area (Å²) in [5, 5.41) is 12.6. The summed E-state index contributed by atoms with van der Waals surface area (Å²) in [5.74, 6) is -0.137. The summed E-state index contributed by atoms with van der Waals surface area (Å²) in [4.78, 5) is 12.2. The van der Waals surface area contributed by atoms with Crippen molar-refractivity contribution < 1.29 is 14.6 Å². The molecule has 110 valence electrons. The molecule has 0 spiro atoms. The second kappa shape index (κ2) is 7.42. The summed E-state index contributed by atoms with van der Waals surface area (Å²) in [6.45, 7) is 0.594. The minimum atomic E-state index is -0.244. The molecule has 0 aliphatic carbocycles. The Kier molecular flexibility index (Phi) is 5.58. The number of phenols is 1. The Morgan fingerprint density at radius 1 is 1.29 bits per heavy atom. The van der Waals surface area contributed by atoms with Crippen LogP contribution >= 0.6 is 22.6 Å². The van der Waals surface area contributed by atoms with Crippen LogP contribution in [0.3, 0.4) is 0 Å². The highest BCUT2D eigenvalue weighted by atomic mass is 127.